The molecule has 0 aliphatic rings. The third-order valence-corrected chi connectivity index (χ3v) is 6.44. The minimum absolute atomic E-state index is 0. The quantitative estimate of drug-likeness (QED) is 0.200. The summed E-state index contributed by atoms with van der Waals surface area (Å²) in [6, 6.07) is 32.0. The van der Waals surface area contributed by atoms with Crippen molar-refractivity contribution in [1.29, 1.82) is 0 Å². The normalized spacial score (nSPS) is 9.91. The molecule has 2 nitrogen and oxygen atoms in total. The van der Waals surface area contributed by atoms with Gasteiger partial charge in [-0.25, -0.2) is 0 Å². The van der Waals surface area contributed by atoms with Crippen molar-refractivity contribution in [3.63, 3.8) is 0 Å². The molecule has 0 amide bonds. The first-order valence-corrected chi connectivity index (χ1v) is 17.2. The summed E-state index contributed by atoms with van der Waals surface area (Å²) in [5.41, 5.74) is 9.01. The van der Waals surface area contributed by atoms with Crippen molar-refractivity contribution in [3.8, 4) is 11.5 Å². The van der Waals surface area contributed by atoms with Gasteiger partial charge in [0, 0.05) is 53.8 Å². The van der Waals surface area contributed by atoms with Crippen molar-refractivity contribution in [2.75, 3.05) is 0 Å². The first-order valence-electron chi connectivity index (χ1n) is 17.2. The average molecular weight is 886 g/mol. The summed E-state index contributed by atoms with van der Waals surface area (Å²) in [5, 5.41) is 9.68. The third kappa shape index (κ3) is 19.8. The molecule has 4 aromatic rings. The van der Waals surface area contributed by atoms with Gasteiger partial charge in [-0.2, -0.15) is 0 Å². The van der Waals surface area contributed by atoms with Crippen molar-refractivity contribution in [1.82, 2.24) is 0 Å². The van der Waals surface area contributed by atoms with Crippen LogP contribution in [0.15, 0.2) is 91.0 Å². The Morgan fingerprint density at radius 2 is 0.766 bits per heavy atom. The van der Waals surface area contributed by atoms with Crippen molar-refractivity contribution in [2.24, 2.45) is 0 Å². The zero-order valence-electron chi connectivity index (χ0n) is 32.1. The second-order valence-corrected chi connectivity index (χ2v) is 12.2. The van der Waals surface area contributed by atoms with Crippen LogP contribution in [0.3, 0.4) is 0 Å². The number of benzene rings is 4. The van der Waals surface area contributed by atoms with Crippen molar-refractivity contribution >= 4 is 0 Å². The van der Waals surface area contributed by atoms with E-state index < -0.39 is 0 Å². The first kappa shape index (κ1) is 49.7. The number of hydrogen-bond donors (Lipinski definition) is 1. The minimum atomic E-state index is -0.204. The van der Waals surface area contributed by atoms with Gasteiger partial charge in [-0.1, -0.05) is 143 Å². The van der Waals surface area contributed by atoms with Crippen molar-refractivity contribution in [3.05, 3.63) is 130 Å². The Balaban J connectivity index is -0.00000180. The molecular formula is C43H64O2WY. The molecule has 0 atom stereocenters. The molecule has 257 valence electrons. The average Bonchev–Trinajstić information content (AvgIpc) is 3.02. The van der Waals surface area contributed by atoms with E-state index in [4.69, 9.17) is 4.74 Å². The van der Waals surface area contributed by atoms with E-state index in [1.54, 1.807) is 12.1 Å². The first-order chi connectivity index (χ1) is 21.4. The molecule has 47 heavy (non-hydrogen) atoms. The zero-order chi connectivity index (χ0) is 34.6. The molecule has 0 aromatic heterocycles. The van der Waals surface area contributed by atoms with Gasteiger partial charge in [-0.3, -0.25) is 0 Å². The van der Waals surface area contributed by atoms with E-state index in [9.17, 15) is 5.11 Å². The molecule has 1 radical (unpaired) electrons. The van der Waals surface area contributed by atoms with Gasteiger partial charge in [0.25, 0.3) is 0 Å². The smallest absolute Gasteiger partial charge is 0.120 e. The van der Waals surface area contributed by atoms with Gasteiger partial charge in [0.05, 0.1) is 0 Å². The summed E-state index contributed by atoms with van der Waals surface area (Å²) in [4.78, 5) is 0. The van der Waals surface area contributed by atoms with E-state index in [-0.39, 0.29) is 64.8 Å². The second kappa shape index (κ2) is 26.2. The van der Waals surface area contributed by atoms with Gasteiger partial charge in [-0.15, -0.1) is 0 Å². The monoisotopic (exact) mass is 885 g/mol. The third-order valence-electron chi connectivity index (χ3n) is 6.44. The Morgan fingerprint density at radius 3 is 1.06 bits per heavy atom. The van der Waals surface area contributed by atoms with Crippen LogP contribution in [0.2, 0.25) is 0 Å². The summed E-state index contributed by atoms with van der Waals surface area (Å²) in [6.07, 6.45) is 2.61. The van der Waals surface area contributed by atoms with E-state index >= 15 is 0 Å². The Bertz CT molecular complexity index is 1320. The molecule has 0 fully saturated rings. The summed E-state index contributed by atoms with van der Waals surface area (Å²) in [5.74, 6) is 1.20. The second-order valence-electron chi connectivity index (χ2n) is 12.2. The molecule has 0 spiro atoms. The van der Waals surface area contributed by atoms with Gasteiger partial charge in [0.15, 0.2) is 0 Å². The number of phenolic OH excluding ortho intramolecular Hbond substituents is 1. The minimum Gasteiger partial charge on any atom is -0.508 e. The van der Waals surface area contributed by atoms with Gasteiger partial charge < -0.3 is 9.84 Å². The fourth-order valence-electron chi connectivity index (χ4n) is 4.62. The SMILES string of the molecule is CC.CC.CC.CC.CC(C)(C)Oc1ccc(Cc2cc(Cc3ccc(O)cc3)cc(Cc3ccc(C(C)(C)C)cc3)c2)cc1.[W].[Y]. The predicted molar refractivity (Wildman–Crippen MR) is 200 cm³/mol. The van der Waals surface area contributed by atoms with Crippen LogP contribution >= 0.6 is 0 Å². The van der Waals surface area contributed by atoms with E-state index in [2.05, 4.69) is 108 Å². The predicted octanol–water partition coefficient (Wildman–Crippen LogP) is 12.7. The fraction of sp³-hybridized carbons (Fsp3) is 0.442. The van der Waals surface area contributed by atoms with Crippen LogP contribution < -0.4 is 4.74 Å². The Morgan fingerprint density at radius 1 is 0.468 bits per heavy atom. The molecular weight excluding hydrogens is 821 g/mol. The molecule has 1 N–H and O–H groups in total. The molecule has 4 rings (SSSR count). The van der Waals surface area contributed by atoms with Crippen LogP contribution in [0.25, 0.3) is 0 Å². The Kier molecular flexibility index (Phi) is 27.7. The van der Waals surface area contributed by atoms with Gasteiger partial charge in [-0.05, 0) is 109 Å². The molecule has 4 aromatic carbocycles. The number of aromatic hydroxyl groups is 1. The van der Waals surface area contributed by atoms with Crippen LogP contribution in [-0.2, 0) is 78.5 Å². The van der Waals surface area contributed by atoms with Gasteiger partial charge in [0.2, 0.25) is 0 Å². The van der Waals surface area contributed by atoms with Gasteiger partial charge >= 0.3 is 0 Å². The molecule has 0 unspecified atom stereocenters. The van der Waals surface area contributed by atoms with Crippen LogP contribution in [0.5, 0.6) is 11.5 Å². The molecule has 0 saturated heterocycles. The summed E-state index contributed by atoms with van der Waals surface area (Å²) >= 11 is 0. The summed E-state index contributed by atoms with van der Waals surface area (Å²) in [7, 11) is 0. The topological polar surface area (TPSA) is 29.5 Å². The fourth-order valence-corrected chi connectivity index (χ4v) is 4.62. The summed E-state index contributed by atoms with van der Waals surface area (Å²) in [6.45, 7) is 29.0. The molecule has 0 saturated carbocycles. The maximum Gasteiger partial charge on any atom is 0.120 e. The standard InChI is InChI=1S/C35H40O2.4C2H6.W.Y/c1-34(2,3)31-13-7-25(8-14-31)19-28-22-29(20-26-9-15-32(36)16-10-26)24-30(23-28)21-27-11-17-33(18-12-27)37-35(4,5)6;4*1-2;;/h7-18,22-24,36H,19-21H2,1-6H3;4*1-2H3;;. The zero-order valence-corrected chi connectivity index (χ0v) is 37.9. The number of phenols is 1. The van der Waals surface area contributed by atoms with Crippen molar-refractivity contribution in [2.45, 2.75) is 127 Å². The molecule has 0 bridgehead atoms. The number of rotatable bonds is 7. The van der Waals surface area contributed by atoms with E-state index in [1.165, 1.54) is 38.9 Å². The number of hydrogen-bond acceptors (Lipinski definition) is 2. The largest absolute Gasteiger partial charge is 0.508 e. The Hall–Kier alpha value is -1.73. The Labute approximate surface area is 329 Å². The molecule has 0 aliphatic carbocycles. The van der Waals surface area contributed by atoms with Crippen LogP contribution in [0.1, 0.15) is 136 Å². The van der Waals surface area contributed by atoms with E-state index in [1.807, 2.05) is 67.5 Å². The summed E-state index contributed by atoms with van der Waals surface area (Å²) < 4.78 is 6.00. The molecule has 4 heteroatoms. The maximum atomic E-state index is 9.68. The maximum absolute atomic E-state index is 9.68. The molecule has 0 aliphatic heterocycles. The van der Waals surface area contributed by atoms with Crippen LogP contribution in [0.4, 0.5) is 0 Å². The van der Waals surface area contributed by atoms with Crippen LogP contribution in [0, 0.1) is 0 Å². The van der Waals surface area contributed by atoms with E-state index in [0.717, 1.165) is 25.0 Å². The van der Waals surface area contributed by atoms with Crippen molar-refractivity contribution < 1.29 is 63.6 Å². The number of ether oxygens (including phenoxy) is 1. The molecule has 0 heterocycles. The van der Waals surface area contributed by atoms with Crippen LogP contribution in [-0.4, -0.2) is 10.7 Å². The van der Waals surface area contributed by atoms with E-state index in [0.29, 0.717) is 5.75 Å². The van der Waals surface area contributed by atoms with Gasteiger partial charge in [0.1, 0.15) is 17.1 Å².